The van der Waals surface area contributed by atoms with Gasteiger partial charge in [-0.15, -0.1) is 0 Å². The average molecular weight is 229 g/mol. The molecule has 0 rings (SSSR count). The van der Waals surface area contributed by atoms with Gasteiger partial charge in [0.05, 0.1) is 0 Å². The Kier molecular flexibility index (Phi) is 5.32. The fourth-order valence-electron chi connectivity index (χ4n) is 0.940. The van der Waals surface area contributed by atoms with Gasteiger partial charge in [-0.3, -0.25) is 9.59 Å². The molecule has 7 heteroatoms. The van der Waals surface area contributed by atoms with Crippen LogP contribution < -0.4 is 0 Å². The number of ether oxygens (including phenoxy) is 1. The molecule has 16 heavy (non-hydrogen) atoms. The molecule has 0 spiro atoms. The van der Waals surface area contributed by atoms with E-state index in [2.05, 4.69) is 10.0 Å². The lowest BCUT2D eigenvalue weighted by Gasteiger charge is -2.19. The third kappa shape index (κ3) is 6.67. The number of carboxylic acids is 1. The quantitative estimate of drug-likeness (QED) is 0.335. The minimum Gasteiger partial charge on any atom is -0.481 e. The first-order chi connectivity index (χ1) is 7.26. The van der Waals surface area contributed by atoms with Crippen LogP contribution in [-0.4, -0.2) is 28.7 Å². The lowest BCUT2D eigenvalue weighted by Crippen LogP contribution is -2.25. The number of esters is 1. The topological polar surface area (TPSA) is 112 Å². The van der Waals surface area contributed by atoms with Crippen LogP contribution in [0, 0.1) is 0 Å². The molecule has 0 aromatic heterocycles. The summed E-state index contributed by atoms with van der Waals surface area (Å²) in [6.45, 7) is 5.15. The summed E-state index contributed by atoms with van der Waals surface area (Å²) in [5.74, 6) is -1.76. The van der Waals surface area contributed by atoms with Gasteiger partial charge in [0.2, 0.25) is 0 Å². The molecule has 0 aliphatic heterocycles. The van der Waals surface area contributed by atoms with Gasteiger partial charge in [0.25, 0.3) is 0 Å². The van der Waals surface area contributed by atoms with E-state index < -0.39 is 23.6 Å². The number of aliphatic carboxylic acids is 1. The highest BCUT2D eigenvalue weighted by atomic mass is 16.6. The molecule has 0 aromatic rings. The Bertz CT molecular complexity index is 313. The Labute approximate surface area is 93.0 Å². The SMILES string of the molecule is CC(C)(C)OC(=O)CC[C@@H](N=[N+]=[N-])C(=O)O. The summed E-state index contributed by atoms with van der Waals surface area (Å²) in [7, 11) is 0. The Morgan fingerprint density at radius 2 is 2.06 bits per heavy atom. The molecule has 0 heterocycles. The second-order valence-corrected chi connectivity index (χ2v) is 4.18. The van der Waals surface area contributed by atoms with Gasteiger partial charge in [-0.05, 0) is 32.7 Å². The van der Waals surface area contributed by atoms with Crippen molar-refractivity contribution in [2.24, 2.45) is 5.11 Å². The summed E-state index contributed by atoms with van der Waals surface area (Å²) in [5.41, 5.74) is 7.51. The molecule has 0 radical (unpaired) electrons. The predicted molar refractivity (Wildman–Crippen MR) is 55.6 cm³/mol. The summed E-state index contributed by atoms with van der Waals surface area (Å²) >= 11 is 0. The third-order valence-corrected chi connectivity index (χ3v) is 1.52. The van der Waals surface area contributed by atoms with Gasteiger partial charge in [0.1, 0.15) is 11.6 Å². The molecule has 1 atom stereocenters. The zero-order valence-corrected chi connectivity index (χ0v) is 9.51. The van der Waals surface area contributed by atoms with Crippen molar-refractivity contribution in [2.75, 3.05) is 0 Å². The van der Waals surface area contributed by atoms with Crippen LogP contribution in [0.2, 0.25) is 0 Å². The molecular formula is C9H15N3O4. The van der Waals surface area contributed by atoms with Crippen molar-refractivity contribution in [1.29, 1.82) is 0 Å². The number of carboxylic acid groups (broad SMARTS) is 1. The van der Waals surface area contributed by atoms with Crippen LogP contribution in [-0.2, 0) is 14.3 Å². The highest BCUT2D eigenvalue weighted by Crippen LogP contribution is 2.11. The zero-order chi connectivity index (χ0) is 12.8. The molecule has 0 fully saturated rings. The monoisotopic (exact) mass is 229 g/mol. The maximum atomic E-state index is 11.2. The summed E-state index contributed by atoms with van der Waals surface area (Å²) in [5, 5.41) is 11.7. The standard InChI is InChI=1S/C9H15N3O4/c1-9(2,3)16-7(13)5-4-6(8(14)15)11-12-10/h6H,4-5H2,1-3H3,(H,14,15)/t6-/m1/s1. The van der Waals surface area contributed by atoms with E-state index in [9.17, 15) is 9.59 Å². The van der Waals surface area contributed by atoms with Crippen molar-refractivity contribution in [2.45, 2.75) is 45.3 Å². The van der Waals surface area contributed by atoms with Crippen molar-refractivity contribution in [3.05, 3.63) is 10.4 Å². The van der Waals surface area contributed by atoms with Crippen molar-refractivity contribution in [3.8, 4) is 0 Å². The number of rotatable bonds is 5. The molecule has 0 saturated heterocycles. The maximum absolute atomic E-state index is 11.2. The van der Waals surface area contributed by atoms with E-state index in [0.717, 1.165) is 0 Å². The first-order valence-corrected chi connectivity index (χ1v) is 4.75. The molecule has 90 valence electrons. The molecular weight excluding hydrogens is 214 g/mol. The molecule has 0 amide bonds. The minimum atomic E-state index is -1.25. The largest absolute Gasteiger partial charge is 0.481 e. The van der Waals surface area contributed by atoms with Gasteiger partial charge < -0.3 is 9.84 Å². The van der Waals surface area contributed by atoms with Crippen LogP contribution in [0.25, 0.3) is 10.4 Å². The van der Waals surface area contributed by atoms with Crippen molar-refractivity contribution < 1.29 is 19.4 Å². The van der Waals surface area contributed by atoms with E-state index in [1.807, 2.05) is 0 Å². The Hall–Kier alpha value is -1.75. The number of nitrogens with zero attached hydrogens (tertiary/aromatic N) is 3. The second-order valence-electron chi connectivity index (χ2n) is 4.18. The first kappa shape index (κ1) is 14.2. The van der Waals surface area contributed by atoms with Gasteiger partial charge in [0, 0.05) is 11.3 Å². The Morgan fingerprint density at radius 1 is 1.50 bits per heavy atom. The molecule has 7 nitrogen and oxygen atoms in total. The number of azide groups is 1. The number of carbonyl (C=O) groups is 2. The fourth-order valence-corrected chi connectivity index (χ4v) is 0.940. The number of carbonyl (C=O) groups excluding carboxylic acids is 1. The molecule has 0 bridgehead atoms. The highest BCUT2D eigenvalue weighted by Gasteiger charge is 2.20. The van der Waals surface area contributed by atoms with Crippen LogP contribution in [0.5, 0.6) is 0 Å². The lowest BCUT2D eigenvalue weighted by molar-refractivity contribution is -0.155. The molecule has 1 N–H and O–H groups in total. The number of hydrogen-bond donors (Lipinski definition) is 1. The van der Waals surface area contributed by atoms with E-state index >= 15 is 0 Å². The van der Waals surface area contributed by atoms with Gasteiger partial charge in [0.15, 0.2) is 0 Å². The molecule has 0 unspecified atom stereocenters. The van der Waals surface area contributed by atoms with Crippen molar-refractivity contribution in [1.82, 2.24) is 0 Å². The van der Waals surface area contributed by atoms with E-state index in [1.54, 1.807) is 20.8 Å². The van der Waals surface area contributed by atoms with Crippen LogP contribution in [0.15, 0.2) is 5.11 Å². The smallest absolute Gasteiger partial charge is 0.312 e. The minimum absolute atomic E-state index is 0.0612. The molecule has 0 saturated carbocycles. The molecule has 0 aromatic carbocycles. The average Bonchev–Trinajstić information content (AvgIpc) is 2.08. The van der Waals surface area contributed by atoms with E-state index in [1.165, 1.54) is 0 Å². The van der Waals surface area contributed by atoms with Crippen LogP contribution >= 0.6 is 0 Å². The lowest BCUT2D eigenvalue weighted by atomic mass is 10.1. The summed E-state index contributed by atoms with van der Waals surface area (Å²) in [4.78, 5) is 24.2. The van der Waals surface area contributed by atoms with Gasteiger partial charge in [-0.2, -0.15) is 0 Å². The Morgan fingerprint density at radius 3 is 2.44 bits per heavy atom. The van der Waals surface area contributed by atoms with Gasteiger partial charge in [-0.25, -0.2) is 0 Å². The molecule has 0 aliphatic rings. The zero-order valence-electron chi connectivity index (χ0n) is 9.51. The van der Waals surface area contributed by atoms with Crippen LogP contribution in [0.3, 0.4) is 0 Å². The fraction of sp³-hybridized carbons (Fsp3) is 0.778. The number of hydrogen-bond acceptors (Lipinski definition) is 4. The van der Waals surface area contributed by atoms with E-state index in [0.29, 0.717) is 0 Å². The summed E-state index contributed by atoms with van der Waals surface area (Å²) in [6, 6.07) is -1.22. The van der Waals surface area contributed by atoms with E-state index in [4.69, 9.17) is 15.4 Å². The van der Waals surface area contributed by atoms with Gasteiger partial charge >= 0.3 is 11.9 Å². The summed E-state index contributed by atoms with van der Waals surface area (Å²) in [6.07, 6.45) is -0.151. The van der Waals surface area contributed by atoms with Crippen LogP contribution in [0.1, 0.15) is 33.6 Å². The second kappa shape index (κ2) is 5.97. The van der Waals surface area contributed by atoms with E-state index in [-0.39, 0.29) is 12.8 Å². The van der Waals surface area contributed by atoms with Gasteiger partial charge in [-0.1, -0.05) is 5.11 Å². The van der Waals surface area contributed by atoms with Crippen LogP contribution in [0.4, 0.5) is 0 Å². The predicted octanol–water partition coefficient (Wildman–Crippen LogP) is 1.87. The summed E-state index contributed by atoms with van der Waals surface area (Å²) < 4.78 is 4.98. The highest BCUT2D eigenvalue weighted by molar-refractivity contribution is 5.75. The molecule has 0 aliphatic carbocycles. The third-order valence-electron chi connectivity index (χ3n) is 1.52. The van der Waals surface area contributed by atoms with Crippen molar-refractivity contribution in [3.63, 3.8) is 0 Å². The van der Waals surface area contributed by atoms with Crippen molar-refractivity contribution >= 4 is 11.9 Å². The first-order valence-electron chi connectivity index (χ1n) is 4.75. The normalized spacial score (nSPS) is 12.4. The maximum Gasteiger partial charge on any atom is 0.312 e. The Balaban J connectivity index is 4.17.